The lowest BCUT2D eigenvalue weighted by molar-refractivity contribution is 0.484. The Kier molecular flexibility index (Phi) is 4.03. The molecule has 0 unspecified atom stereocenters. The Morgan fingerprint density at radius 2 is 1.80 bits per heavy atom. The van der Waals surface area contributed by atoms with E-state index in [2.05, 4.69) is 4.98 Å². The number of halogens is 3. The number of hydrogen-bond acceptors (Lipinski definition) is 3. The second-order valence-electron chi connectivity index (χ2n) is 4.02. The van der Waals surface area contributed by atoms with Crippen LogP contribution in [-0.4, -0.2) is 4.98 Å². The van der Waals surface area contributed by atoms with Gasteiger partial charge in [0.15, 0.2) is 0 Å². The molecule has 3 aromatic rings. The molecule has 2 aromatic carbocycles. The minimum atomic E-state index is 0.321. The number of alkyl halides is 1. The number of rotatable bonds is 3. The van der Waals surface area contributed by atoms with Crippen molar-refractivity contribution in [2.75, 3.05) is 0 Å². The Labute approximate surface area is 134 Å². The third-order valence-corrected chi connectivity index (χ3v) is 4.89. The summed E-state index contributed by atoms with van der Waals surface area (Å²) in [6.45, 7) is 0. The summed E-state index contributed by atoms with van der Waals surface area (Å²) < 4.78 is 5.82. The van der Waals surface area contributed by atoms with Gasteiger partial charge in [0.05, 0.1) is 10.8 Å². The highest BCUT2D eigenvalue weighted by atomic mass is 35.5. The first kappa shape index (κ1) is 14.0. The Bertz CT molecular complexity index is 772. The summed E-state index contributed by atoms with van der Waals surface area (Å²) in [5, 5.41) is 3.41. The highest BCUT2D eigenvalue weighted by Gasteiger charge is 2.12. The van der Waals surface area contributed by atoms with Gasteiger partial charge in [-0.2, -0.15) is 4.98 Å². The van der Waals surface area contributed by atoms with Crippen molar-refractivity contribution in [3.8, 4) is 10.9 Å². The maximum Gasteiger partial charge on any atom is 0.280 e. The zero-order chi connectivity index (χ0) is 14.1. The van der Waals surface area contributed by atoms with Crippen LogP contribution in [0.2, 0.25) is 10.2 Å². The van der Waals surface area contributed by atoms with Crippen molar-refractivity contribution in [1.82, 2.24) is 4.98 Å². The Morgan fingerprint density at radius 1 is 1.05 bits per heavy atom. The maximum atomic E-state index is 6.18. The first-order chi connectivity index (χ1) is 9.69. The van der Waals surface area contributed by atoms with Gasteiger partial charge in [-0.25, -0.2) is 0 Å². The van der Waals surface area contributed by atoms with Crippen molar-refractivity contribution in [3.05, 3.63) is 51.5 Å². The van der Waals surface area contributed by atoms with Crippen LogP contribution in [0.25, 0.3) is 10.8 Å². The molecule has 2 nitrogen and oxygen atoms in total. The van der Waals surface area contributed by atoms with E-state index in [9.17, 15) is 0 Å². The fourth-order valence-corrected chi connectivity index (χ4v) is 3.42. The van der Waals surface area contributed by atoms with Crippen LogP contribution in [0.15, 0.2) is 36.4 Å². The lowest BCUT2D eigenvalue weighted by Gasteiger charge is -2.07. The molecule has 0 aliphatic rings. The highest BCUT2D eigenvalue weighted by molar-refractivity contribution is 7.14. The Balaban J connectivity index is 2.04. The van der Waals surface area contributed by atoms with Crippen molar-refractivity contribution in [1.29, 1.82) is 0 Å². The molecule has 1 aromatic heterocycles. The van der Waals surface area contributed by atoms with Gasteiger partial charge < -0.3 is 4.74 Å². The van der Waals surface area contributed by atoms with Gasteiger partial charge in [0.1, 0.15) is 10.9 Å². The lowest BCUT2D eigenvalue weighted by Crippen LogP contribution is -1.85. The molecule has 0 radical (unpaired) electrons. The minimum absolute atomic E-state index is 0.321. The zero-order valence-corrected chi connectivity index (χ0v) is 13.2. The first-order valence-corrected chi connectivity index (χ1v) is 7.86. The molecule has 0 aliphatic carbocycles. The fourth-order valence-electron chi connectivity index (χ4n) is 1.86. The maximum absolute atomic E-state index is 6.18. The predicted octanol–water partition coefficient (Wildman–Crippen LogP) is 6.13. The van der Waals surface area contributed by atoms with Crippen LogP contribution in [0.3, 0.4) is 0 Å². The quantitative estimate of drug-likeness (QED) is 0.533. The first-order valence-electron chi connectivity index (χ1n) is 5.75. The van der Waals surface area contributed by atoms with Gasteiger partial charge in [-0.05, 0) is 12.1 Å². The Hall–Kier alpha value is -1.00. The van der Waals surface area contributed by atoms with Crippen LogP contribution in [0.1, 0.15) is 4.88 Å². The number of hydrogen-bond donors (Lipinski definition) is 0. The molecule has 20 heavy (non-hydrogen) atoms. The van der Waals surface area contributed by atoms with Gasteiger partial charge in [0, 0.05) is 15.8 Å². The monoisotopic (exact) mass is 343 g/mol. The average Bonchev–Trinajstić information content (AvgIpc) is 2.82. The summed E-state index contributed by atoms with van der Waals surface area (Å²) >= 11 is 19.3. The molecule has 1 heterocycles. The second-order valence-corrected chi connectivity index (χ2v) is 6.10. The van der Waals surface area contributed by atoms with Gasteiger partial charge in [-0.3, -0.25) is 0 Å². The average molecular weight is 345 g/mol. The van der Waals surface area contributed by atoms with Crippen LogP contribution < -0.4 is 4.74 Å². The van der Waals surface area contributed by atoms with Crippen LogP contribution >= 0.6 is 46.1 Å². The highest BCUT2D eigenvalue weighted by Crippen LogP contribution is 2.37. The largest absolute Gasteiger partial charge is 0.430 e. The van der Waals surface area contributed by atoms with E-state index in [-0.39, 0.29) is 0 Å². The minimum Gasteiger partial charge on any atom is -0.430 e. The zero-order valence-electron chi connectivity index (χ0n) is 10.1. The van der Waals surface area contributed by atoms with Crippen molar-refractivity contribution in [2.45, 2.75) is 5.88 Å². The number of nitrogens with zero attached hydrogens (tertiary/aromatic N) is 1. The number of thiazole rings is 1. The Morgan fingerprint density at radius 3 is 2.50 bits per heavy atom. The van der Waals surface area contributed by atoms with E-state index in [1.54, 1.807) is 6.07 Å². The smallest absolute Gasteiger partial charge is 0.280 e. The van der Waals surface area contributed by atoms with E-state index in [4.69, 9.17) is 39.5 Å². The van der Waals surface area contributed by atoms with Gasteiger partial charge in [0.2, 0.25) is 0 Å². The topological polar surface area (TPSA) is 22.1 Å². The normalized spacial score (nSPS) is 10.9. The predicted molar refractivity (Wildman–Crippen MR) is 85.7 cm³/mol. The van der Waals surface area contributed by atoms with Crippen LogP contribution in [0, 0.1) is 0 Å². The molecule has 0 saturated carbocycles. The van der Waals surface area contributed by atoms with E-state index < -0.39 is 0 Å². The van der Waals surface area contributed by atoms with E-state index in [1.165, 1.54) is 11.3 Å². The molecular weight excluding hydrogens is 337 g/mol. The molecular formula is C14H8Cl3NOS. The fraction of sp³-hybridized carbons (Fsp3) is 0.0714. The lowest BCUT2D eigenvalue weighted by atomic mass is 10.1. The number of fused-ring (bicyclic) bond motifs is 1. The molecule has 6 heteroatoms. The molecule has 0 aliphatic heterocycles. The summed E-state index contributed by atoms with van der Waals surface area (Å²) in [6.07, 6.45) is 0. The van der Waals surface area contributed by atoms with E-state index in [1.807, 2.05) is 30.3 Å². The summed E-state index contributed by atoms with van der Waals surface area (Å²) in [6, 6.07) is 11.4. The molecule has 102 valence electrons. The van der Waals surface area contributed by atoms with Crippen LogP contribution in [0.5, 0.6) is 10.9 Å². The number of benzene rings is 2. The number of ether oxygens (including phenoxy) is 1. The SMILES string of the molecule is ClCc1sc(Oc2ccc(Cl)c3ccccc23)nc1Cl. The van der Waals surface area contributed by atoms with Gasteiger partial charge in [-0.15, -0.1) is 11.6 Å². The molecule has 0 atom stereocenters. The molecule has 0 spiro atoms. The molecule has 0 bridgehead atoms. The van der Waals surface area contributed by atoms with E-state index in [0.717, 1.165) is 15.6 Å². The van der Waals surface area contributed by atoms with Gasteiger partial charge in [-0.1, -0.05) is 58.8 Å². The molecule has 0 N–H and O–H groups in total. The third kappa shape index (κ3) is 2.59. The second kappa shape index (κ2) is 5.78. The summed E-state index contributed by atoms with van der Waals surface area (Å²) in [5.74, 6) is 1.01. The summed E-state index contributed by atoms with van der Waals surface area (Å²) in [4.78, 5) is 4.94. The van der Waals surface area contributed by atoms with Crippen molar-refractivity contribution in [3.63, 3.8) is 0 Å². The van der Waals surface area contributed by atoms with Gasteiger partial charge in [0.25, 0.3) is 5.19 Å². The molecule has 3 rings (SSSR count). The molecule has 0 amide bonds. The van der Waals surface area contributed by atoms with E-state index in [0.29, 0.717) is 27.0 Å². The standard InChI is InChI=1S/C14H8Cl3NOS/c15-7-12-13(17)18-14(20-12)19-11-6-5-10(16)8-3-1-2-4-9(8)11/h1-6H,7H2. The molecule has 0 fully saturated rings. The van der Waals surface area contributed by atoms with Crippen molar-refractivity contribution in [2.24, 2.45) is 0 Å². The van der Waals surface area contributed by atoms with Crippen LogP contribution in [0.4, 0.5) is 0 Å². The van der Waals surface area contributed by atoms with Gasteiger partial charge >= 0.3 is 0 Å². The van der Waals surface area contributed by atoms with Crippen molar-refractivity contribution < 1.29 is 4.74 Å². The number of aromatic nitrogens is 1. The molecule has 0 saturated heterocycles. The summed E-state index contributed by atoms with van der Waals surface area (Å²) in [5.41, 5.74) is 0. The van der Waals surface area contributed by atoms with E-state index >= 15 is 0 Å². The third-order valence-electron chi connectivity index (χ3n) is 2.78. The summed E-state index contributed by atoms with van der Waals surface area (Å²) in [7, 11) is 0. The van der Waals surface area contributed by atoms with Crippen LogP contribution in [-0.2, 0) is 5.88 Å². The van der Waals surface area contributed by atoms with Crippen molar-refractivity contribution >= 4 is 56.9 Å².